The molecule has 20 heavy (non-hydrogen) atoms. The summed E-state index contributed by atoms with van der Waals surface area (Å²) in [5.41, 5.74) is 0.533. The van der Waals surface area contributed by atoms with E-state index in [0.717, 1.165) is 0 Å². The van der Waals surface area contributed by atoms with Gasteiger partial charge in [0.2, 0.25) is 5.91 Å². The number of hydrogen-bond donors (Lipinski definition) is 2. The number of halogens is 1. The minimum Gasteiger partial charge on any atom is -0.353 e. The first kappa shape index (κ1) is 16.5. The molecule has 0 radical (unpaired) electrons. The Kier molecular flexibility index (Phi) is 6.52. The Bertz CT molecular complexity index is 457. The zero-order chi connectivity index (χ0) is 15.1. The Labute approximate surface area is 124 Å². The smallest absolute Gasteiger partial charge is 0.251 e. The number of benzene rings is 1. The van der Waals surface area contributed by atoms with E-state index in [0.29, 0.717) is 23.0 Å². The molecule has 0 heterocycles. The molecule has 1 aromatic carbocycles. The second-order valence-electron chi connectivity index (χ2n) is 5.11. The van der Waals surface area contributed by atoms with Gasteiger partial charge in [0.15, 0.2) is 0 Å². The predicted molar refractivity (Wildman–Crippen MR) is 80.8 cm³/mol. The molecule has 0 bridgehead atoms. The second kappa shape index (κ2) is 7.90. The fraction of sp³-hybridized carbons (Fsp3) is 0.467. The maximum absolute atomic E-state index is 11.8. The van der Waals surface area contributed by atoms with Crippen LogP contribution in [0.4, 0.5) is 0 Å². The van der Waals surface area contributed by atoms with Gasteiger partial charge in [-0.3, -0.25) is 9.59 Å². The number of carbonyl (C=O) groups is 2. The highest BCUT2D eigenvalue weighted by Gasteiger charge is 2.11. The minimum atomic E-state index is -0.202. The van der Waals surface area contributed by atoms with Gasteiger partial charge in [-0.25, -0.2) is 0 Å². The Hall–Kier alpha value is -1.55. The molecular weight excluding hydrogens is 276 g/mol. The van der Waals surface area contributed by atoms with Crippen molar-refractivity contribution >= 4 is 23.4 Å². The average Bonchev–Trinajstić information content (AvgIpc) is 2.39. The highest BCUT2D eigenvalue weighted by molar-refractivity contribution is 6.30. The van der Waals surface area contributed by atoms with Crippen molar-refractivity contribution in [3.8, 4) is 0 Å². The summed E-state index contributed by atoms with van der Waals surface area (Å²) >= 11 is 5.75. The molecule has 0 fully saturated rings. The summed E-state index contributed by atoms with van der Waals surface area (Å²) < 4.78 is 0. The highest BCUT2D eigenvalue weighted by Crippen LogP contribution is 2.09. The van der Waals surface area contributed by atoms with Gasteiger partial charge in [-0.1, -0.05) is 25.4 Å². The van der Waals surface area contributed by atoms with Crippen LogP contribution in [0.3, 0.4) is 0 Å². The number of carbonyl (C=O) groups excluding carboxylic acids is 2. The van der Waals surface area contributed by atoms with Gasteiger partial charge in [0.05, 0.1) is 0 Å². The van der Waals surface area contributed by atoms with E-state index in [1.165, 1.54) is 0 Å². The molecule has 1 rings (SSSR count). The quantitative estimate of drug-likeness (QED) is 0.848. The monoisotopic (exact) mass is 296 g/mol. The fourth-order valence-electron chi connectivity index (χ4n) is 1.49. The van der Waals surface area contributed by atoms with Gasteiger partial charge < -0.3 is 10.6 Å². The maximum atomic E-state index is 11.8. The Morgan fingerprint density at radius 1 is 1.15 bits per heavy atom. The molecule has 2 amide bonds. The zero-order valence-electron chi connectivity index (χ0n) is 12.1. The molecule has 1 aromatic rings. The van der Waals surface area contributed by atoms with Crippen LogP contribution in [0.25, 0.3) is 0 Å². The molecule has 2 N–H and O–H groups in total. The minimum absolute atomic E-state index is 0.0531. The summed E-state index contributed by atoms with van der Waals surface area (Å²) in [5.74, 6) is 0.136. The lowest BCUT2D eigenvalue weighted by Gasteiger charge is -2.17. The lowest BCUT2D eigenvalue weighted by atomic mass is 10.1. The van der Waals surface area contributed by atoms with Crippen LogP contribution in [0.1, 0.15) is 37.6 Å². The molecule has 1 atom stereocenters. The highest BCUT2D eigenvalue weighted by atomic mass is 35.5. The third-order valence-electron chi connectivity index (χ3n) is 3.13. The Morgan fingerprint density at radius 3 is 2.30 bits per heavy atom. The van der Waals surface area contributed by atoms with Crippen molar-refractivity contribution in [3.63, 3.8) is 0 Å². The van der Waals surface area contributed by atoms with Gasteiger partial charge in [-0.15, -0.1) is 0 Å². The van der Waals surface area contributed by atoms with E-state index in [1.54, 1.807) is 24.3 Å². The first-order valence-electron chi connectivity index (χ1n) is 6.73. The lowest BCUT2D eigenvalue weighted by molar-refractivity contribution is -0.121. The zero-order valence-corrected chi connectivity index (χ0v) is 12.8. The van der Waals surface area contributed by atoms with Crippen molar-refractivity contribution in [1.82, 2.24) is 10.6 Å². The SMILES string of the molecule is CC(C)C(C)NC(=O)CCNC(=O)c1ccc(Cl)cc1. The number of amides is 2. The summed E-state index contributed by atoms with van der Waals surface area (Å²) in [6.45, 7) is 6.38. The van der Waals surface area contributed by atoms with Crippen LogP contribution in [-0.2, 0) is 4.79 Å². The summed E-state index contributed by atoms with van der Waals surface area (Å²) in [5, 5.41) is 6.19. The summed E-state index contributed by atoms with van der Waals surface area (Å²) in [7, 11) is 0. The van der Waals surface area contributed by atoms with Gasteiger partial charge in [0, 0.05) is 29.6 Å². The topological polar surface area (TPSA) is 58.2 Å². The molecule has 0 aliphatic rings. The molecule has 4 nitrogen and oxygen atoms in total. The van der Waals surface area contributed by atoms with Crippen molar-refractivity contribution in [1.29, 1.82) is 0 Å². The van der Waals surface area contributed by atoms with Gasteiger partial charge in [0.1, 0.15) is 0 Å². The van der Waals surface area contributed by atoms with E-state index in [2.05, 4.69) is 10.6 Å². The molecule has 0 saturated heterocycles. The van der Waals surface area contributed by atoms with Crippen LogP contribution < -0.4 is 10.6 Å². The van der Waals surface area contributed by atoms with Crippen molar-refractivity contribution in [3.05, 3.63) is 34.9 Å². The van der Waals surface area contributed by atoms with E-state index in [-0.39, 0.29) is 24.3 Å². The van der Waals surface area contributed by atoms with Crippen LogP contribution >= 0.6 is 11.6 Å². The van der Waals surface area contributed by atoms with E-state index in [1.807, 2.05) is 20.8 Å². The van der Waals surface area contributed by atoms with E-state index in [4.69, 9.17) is 11.6 Å². The van der Waals surface area contributed by atoms with Crippen LogP contribution in [-0.4, -0.2) is 24.4 Å². The first-order chi connectivity index (χ1) is 9.40. The Morgan fingerprint density at radius 2 is 1.75 bits per heavy atom. The molecule has 1 unspecified atom stereocenters. The van der Waals surface area contributed by atoms with Crippen molar-refractivity contribution in [2.75, 3.05) is 6.54 Å². The fourth-order valence-corrected chi connectivity index (χ4v) is 1.61. The molecule has 0 spiro atoms. The first-order valence-corrected chi connectivity index (χ1v) is 7.11. The predicted octanol–water partition coefficient (Wildman–Crippen LogP) is 2.62. The molecule has 0 aromatic heterocycles. The molecule has 110 valence electrons. The van der Waals surface area contributed by atoms with E-state index < -0.39 is 0 Å². The maximum Gasteiger partial charge on any atom is 0.251 e. The molecule has 0 aliphatic carbocycles. The van der Waals surface area contributed by atoms with Crippen LogP contribution in [0.2, 0.25) is 5.02 Å². The van der Waals surface area contributed by atoms with Crippen LogP contribution in [0.15, 0.2) is 24.3 Å². The number of rotatable bonds is 6. The summed E-state index contributed by atoms with van der Waals surface area (Å²) in [6, 6.07) is 6.76. The Balaban J connectivity index is 2.32. The second-order valence-corrected chi connectivity index (χ2v) is 5.55. The number of nitrogens with one attached hydrogen (secondary N) is 2. The third kappa shape index (κ3) is 5.61. The van der Waals surface area contributed by atoms with Crippen molar-refractivity contribution in [2.24, 2.45) is 5.92 Å². The van der Waals surface area contributed by atoms with Crippen LogP contribution in [0, 0.1) is 5.92 Å². The summed E-state index contributed by atoms with van der Waals surface area (Å²) in [4.78, 5) is 23.4. The summed E-state index contributed by atoms with van der Waals surface area (Å²) in [6.07, 6.45) is 0.274. The molecular formula is C15H21ClN2O2. The average molecular weight is 297 g/mol. The standard InChI is InChI=1S/C15H21ClN2O2/c1-10(2)11(3)18-14(19)8-9-17-15(20)12-4-6-13(16)7-5-12/h4-7,10-11H,8-9H2,1-3H3,(H,17,20)(H,18,19). The van der Waals surface area contributed by atoms with Gasteiger partial charge in [0.25, 0.3) is 5.91 Å². The molecule has 0 aliphatic heterocycles. The van der Waals surface area contributed by atoms with Crippen molar-refractivity contribution in [2.45, 2.75) is 33.2 Å². The third-order valence-corrected chi connectivity index (χ3v) is 3.38. The number of hydrogen-bond acceptors (Lipinski definition) is 2. The molecule has 5 heteroatoms. The van der Waals surface area contributed by atoms with E-state index in [9.17, 15) is 9.59 Å². The van der Waals surface area contributed by atoms with E-state index >= 15 is 0 Å². The molecule has 0 saturated carbocycles. The van der Waals surface area contributed by atoms with Gasteiger partial charge >= 0.3 is 0 Å². The van der Waals surface area contributed by atoms with Gasteiger partial charge in [-0.2, -0.15) is 0 Å². The van der Waals surface area contributed by atoms with Gasteiger partial charge in [-0.05, 0) is 37.1 Å². The van der Waals surface area contributed by atoms with Crippen LogP contribution in [0.5, 0.6) is 0 Å². The largest absolute Gasteiger partial charge is 0.353 e. The normalized spacial score (nSPS) is 12.1. The lowest BCUT2D eigenvalue weighted by Crippen LogP contribution is -2.38. The van der Waals surface area contributed by atoms with Crippen molar-refractivity contribution < 1.29 is 9.59 Å².